The first-order valence-corrected chi connectivity index (χ1v) is 8.17. The molecule has 2 aromatic rings. The zero-order valence-electron chi connectivity index (χ0n) is 14.1. The third-order valence-corrected chi connectivity index (χ3v) is 4.19. The summed E-state index contributed by atoms with van der Waals surface area (Å²) in [7, 11) is 0. The van der Waals surface area contributed by atoms with Gasteiger partial charge in [-0.3, -0.25) is 4.79 Å². The standard InChI is InChI=1S/C19H17F4NO2/c1-11-2-4-12(5-3-11)9-24(13-6-7-13)16(25)10-26-19-17(22)14(20)8-15(21)18(19)23/h2-5,8,13H,6-7,9-10H2,1H3. The molecule has 0 aromatic heterocycles. The van der Waals surface area contributed by atoms with Crippen molar-refractivity contribution in [3.05, 3.63) is 64.7 Å². The molecule has 0 radical (unpaired) electrons. The van der Waals surface area contributed by atoms with Crippen LogP contribution in [0.3, 0.4) is 0 Å². The highest BCUT2D eigenvalue weighted by atomic mass is 19.2. The lowest BCUT2D eigenvalue weighted by atomic mass is 10.1. The molecule has 3 nitrogen and oxygen atoms in total. The van der Waals surface area contributed by atoms with E-state index < -0.39 is 41.5 Å². The van der Waals surface area contributed by atoms with Gasteiger partial charge in [-0.15, -0.1) is 0 Å². The first-order valence-electron chi connectivity index (χ1n) is 8.17. The zero-order chi connectivity index (χ0) is 18.8. The maximum atomic E-state index is 13.6. The lowest BCUT2D eigenvalue weighted by Gasteiger charge is -2.23. The van der Waals surface area contributed by atoms with Gasteiger partial charge in [0.25, 0.3) is 5.91 Å². The largest absolute Gasteiger partial charge is 0.477 e. The maximum Gasteiger partial charge on any atom is 0.261 e. The molecule has 7 heteroatoms. The average Bonchev–Trinajstić information content (AvgIpc) is 3.44. The molecular formula is C19H17F4NO2. The van der Waals surface area contributed by atoms with Crippen molar-refractivity contribution >= 4 is 5.91 Å². The molecule has 26 heavy (non-hydrogen) atoms. The molecule has 138 valence electrons. The van der Waals surface area contributed by atoms with E-state index in [1.807, 2.05) is 31.2 Å². The summed E-state index contributed by atoms with van der Waals surface area (Å²) >= 11 is 0. The van der Waals surface area contributed by atoms with Crippen LogP contribution in [0.1, 0.15) is 24.0 Å². The van der Waals surface area contributed by atoms with E-state index in [1.54, 1.807) is 4.90 Å². The number of carbonyl (C=O) groups excluding carboxylic acids is 1. The van der Waals surface area contributed by atoms with E-state index >= 15 is 0 Å². The normalized spacial score (nSPS) is 13.6. The predicted octanol–water partition coefficient (Wildman–Crippen LogP) is 4.12. The Morgan fingerprint density at radius 3 is 2.19 bits per heavy atom. The second kappa shape index (κ2) is 7.35. The summed E-state index contributed by atoms with van der Waals surface area (Å²) in [5.74, 6) is -8.20. The predicted molar refractivity (Wildman–Crippen MR) is 86.5 cm³/mol. The second-order valence-corrected chi connectivity index (χ2v) is 6.32. The summed E-state index contributed by atoms with van der Waals surface area (Å²) in [6.07, 6.45) is 1.66. The van der Waals surface area contributed by atoms with E-state index in [4.69, 9.17) is 4.74 Å². The van der Waals surface area contributed by atoms with Crippen molar-refractivity contribution < 1.29 is 27.1 Å². The molecule has 2 aromatic carbocycles. The number of benzene rings is 2. The van der Waals surface area contributed by atoms with Crippen LogP contribution in [-0.2, 0) is 11.3 Å². The van der Waals surface area contributed by atoms with Crippen LogP contribution in [0.5, 0.6) is 5.75 Å². The van der Waals surface area contributed by atoms with Crippen molar-refractivity contribution in [3.8, 4) is 5.75 Å². The Bertz CT molecular complexity index is 793. The lowest BCUT2D eigenvalue weighted by molar-refractivity contribution is -0.134. The number of ether oxygens (including phenoxy) is 1. The summed E-state index contributed by atoms with van der Waals surface area (Å²) < 4.78 is 58.4. The van der Waals surface area contributed by atoms with Crippen LogP contribution in [0.15, 0.2) is 30.3 Å². The summed E-state index contributed by atoms with van der Waals surface area (Å²) in [6.45, 7) is 1.57. The van der Waals surface area contributed by atoms with Crippen LogP contribution < -0.4 is 4.74 Å². The Kier molecular flexibility index (Phi) is 5.15. The molecular weight excluding hydrogens is 350 g/mol. The number of aryl methyl sites for hydroxylation is 1. The molecule has 1 saturated carbocycles. The number of rotatable bonds is 6. The van der Waals surface area contributed by atoms with Crippen molar-refractivity contribution in [2.75, 3.05) is 6.61 Å². The fourth-order valence-corrected chi connectivity index (χ4v) is 2.59. The Morgan fingerprint density at radius 2 is 1.65 bits per heavy atom. The minimum atomic E-state index is -1.66. The van der Waals surface area contributed by atoms with E-state index in [1.165, 1.54) is 0 Å². The highest BCUT2D eigenvalue weighted by molar-refractivity contribution is 5.78. The maximum absolute atomic E-state index is 13.6. The monoisotopic (exact) mass is 367 g/mol. The van der Waals surface area contributed by atoms with Gasteiger partial charge in [0.2, 0.25) is 11.6 Å². The van der Waals surface area contributed by atoms with Gasteiger partial charge in [0.15, 0.2) is 24.0 Å². The van der Waals surface area contributed by atoms with Gasteiger partial charge in [-0.25, -0.2) is 8.78 Å². The SMILES string of the molecule is Cc1ccc(CN(C(=O)COc2c(F)c(F)cc(F)c2F)C2CC2)cc1. The zero-order valence-corrected chi connectivity index (χ0v) is 14.1. The number of nitrogens with zero attached hydrogens (tertiary/aromatic N) is 1. The average molecular weight is 367 g/mol. The molecule has 3 rings (SSSR count). The van der Waals surface area contributed by atoms with Gasteiger partial charge in [-0.2, -0.15) is 8.78 Å². The Morgan fingerprint density at radius 1 is 1.08 bits per heavy atom. The number of hydrogen-bond acceptors (Lipinski definition) is 2. The molecule has 1 fully saturated rings. The summed E-state index contributed by atoms with van der Waals surface area (Å²) in [5, 5.41) is 0. The Hall–Kier alpha value is -2.57. The Labute approximate surface area is 148 Å². The van der Waals surface area contributed by atoms with Gasteiger partial charge in [0, 0.05) is 18.7 Å². The first-order chi connectivity index (χ1) is 12.4. The molecule has 0 N–H and O–H groups in total. The second-order valence-electron chi connectivity index (χ2n) is 6.32. The molecule has 0 spiro atoms. The molecule has 1 aliphatic carbocycles. The van der Waals surface area contributed by atoms with Gasteiger partial charge in [0.05, 0.1) is 0 Å². The van der Waals surface area contributed by atoms with Crippen molar-refractivity contribution in [2.45, 2.75) is 32.4 Å². The fourth-order valence-electron chi connectivity index (χ4n) is 2.59. The molecule has 1 amide bonds. The van der Waals surface area contributed by atoms with Crippen LogP contribution in [0.4, 0.5) is 17.6 Å². The van der Waals surface area contributed by atoms with Crippen molar-refractivity contribution in [2.24, 2.45) is 0 Å². The van der Waals surface area contributed by atoms with Crippen molar-refractivity contribution in [3.63, 3.8) is 0 Å². The fraction of sp³-hybridized carbons (Fsp3) is 0.316. The molecule has 0 saturated heterocycles. The number of amides is 1. The molecule has 0 aliphatic heterocycles. The minimum absolute atomic E-state index is 0.0337. The van der Waals surface area contributed by atoms with Crippen LogP contribution in [0.2, 0.25) is 0 Å². The highest BCUT2D eigenvalue weighted by Gasteiger charge is 2.33. The van der Waals surface area contributed by atoms with Gasteiger partial charge >= 0.3 is 0 Å². The molecule has 0 heterocycles. The van der Waals surface area contributed by atoms with Crippen molar-refractivity contribution in [1.29, 1.82) is 0 Å². The summed E-state index contributed by atoms with van der Waals surface area (Å²) in [6, 6.07) is 7.74. The van der Waals surface area contributed by atoms with E-state index in [2.05, 4.69) is 0 Å². The van der Waals surface area contributed by atoms with Gasteiger partial charge in [-0.05, 0) is 25.3 Å². The molecule has 0 unspecified atom stereocenters. The number of hydrogen-bond donors (Lipinski definition) is 0. The summed E-state index contributed by atoms with van der Waals surface area (Å²) in [5.41, 5.74) is 1.99. The smallest absolute Gasteiger partial charge is 0.261 e. The van der Waals surface area contributed by atoms with E-state index in [9.17, 15) is 22.4 Å². The number of halogens is 4. The van der Waals surface area contributed by atoms with Crippen LogP contribution in [-0.4, -0.2) is 23.5 Å². The topological polar surface area (TPSA) is 29.5 Å². The minimum Gasteiger partial charge on any atom is -0.477 e. The third-order valence-electron chi connectivity index (χ3n) is 4.19. The number of carbonyl (C=O) groups is 1. The quantitative estimate of drug-likeness (QED) is 0.568. The van der Waals surface area contributed by atoms with Gasteiger partial charge in [0.1, 0.15) is 0 Å². The van der Waals surface area contributed by atoms with Crippen LogP contribution in [0.25, 0.3) is 0 Å². The Balaban J connectivity index is 1.71. The van der Waals surface area contributed by atoms with Crippen LogP contribution >= 0.6 is 0 Å². The van der Waals surface area contributed by atoms with Gasteiger partial charge < -0.3 is 9.64 Å². The molecule has 1 aliphatic rings. The van der Waals surface area contributed by atoms with E-state index in [0.717, 1.165) is 24.0 Å². The third kappa shape index (κ3) is 3.98. The van der Waals surface area contributed by atoms with E-state index in [0.29, 0.717) is 6.54 Å². The van der Waals surface area contributed by atoms with Gasteiger partial charge in [-0.1, -0.05) is 29.8 Å². The molecule has 0 bridgehead atoms. The lowest BCUT2D eigenvalue weighted by Crippen LogP contribution is -2.36. The first kappa shape index (κ1) is 18.2. The van der Waals surface area contributed by atoms with E-state index in [-0.39, 0.29) is 12.1 Å². The van der Waals surface area contributed by atoms with Crippen LogP contribution in [0, 0.1) is 30.2 Å². The molecule has 0 atom stereocenters. The van der Waals surface area contributed by atoms with Crippen molar-refractivity contribution in [1.82, 2.24) is 4.90 Å². The summed E-state index contributed by atoms with van der Waals surface area (Å²) in [4.78, 5) is 14.0. The highest BCUT2D eigenvalue weighted by Crippen LogP contribution is 2.30.